The van der Waals surface area contributed by atoms with Gasteiger partial charge in [-0.25, -0.2) is 0 Å². The summed E-state index contributed by atoms with van der Waals surface area (Å²) in [6.45, 7) is 1.14. The lowest BCUT2D eigenvalue weighted by Gasteiger charge is -2.13. The minimum atomic E-state index is 0.535. The summed E-state index contributed by atoms with van der Waals surface area (Å²) >= 11 is 0. The Balaban J connectivity index is 3.06. The van der Waals surface area contributed by atoms with Gasteiger partial charge in [0, 0.05) is 23.1 Å². The largest absolute Gasteiger partial charge is 0.386 e. The highest BCUT2D eigenvalue weighted by atomic mass is 28.1. The van der Waals surface area contributed by atoms with Crippen LogP contribution in [0.25, 0.3) is 0 Å². The molecule has 0 amide bonds. The highest BCUT2D eigenvalue weighted by molar-refractivity contribution is 6.10. The van der Waals surface area contributed by atoms with Gasteiger partial charge in [0.2, 0.25) is 0 Å². The van der Waals surface area contributed by atoms with Gasteiger partial charge in [-0.1, -0.05) is 0 Å². The Bertz CT molecular complexity index is 68.1. The van der Waals surface area contributed by atoms with E-state index in [4.69, 9.17) is 4.74 Å². The number of hydrogen-bond acceptors (Lipinski definition) is 2. The number of methoxy groups -OCH3 is 1. The molecule has 0 aromatic rings. The molecular formula is C6H17NOSi. The first-order valence-corrected chi connectivity index (χ1v) is 4.49. The van der Waals surface area contributed by atoms with Crippen molar-refractivity contribution in [2.45, 2.75) is 12.1 Å². The van der Waals surface area contributed by atoms with E-state index in [1.807, 2.05) is 0 Å². The van der Waals surface area contributed by atoms with E-state index in [2.05, 4.69) is 19.0 Å². The molecule has 3 heteroatoms. The first-order chi connectivity index (χ1) is 4.16. The maximum absolute atomic E-state index is 5.14. The van der Waals surface area contributed by atoms with Crippen LogP contribution in [0.3, 0.4) is 0 Å². The number of nitrogens with zero attached hydrogens (tertiary/aromatic N) is 1. The second-order valence-corrected chi connectivity index (χ2v) is 3.93. The third-order valence-electron chi connectivity index (χ3n) is 1.39. The van der Waals surface area contributed by atoms with Gasteiger partial charge in [-0.05, 0) is 27.1 Å². The van der Waals surface area contributed by atoms with Crippen molar-refractivity contribution >= 4 is 10.2 Å². The summed E-state index contributed by atoms with van der Waals surface area (Å²) in [4.78, 5) is 2.18. The van der Waals surface area contributed by atoms with E-state index in [0.29, 0.717) is 5.73 Å². The third-order valence-corrected chi connectivity index (χ3v) is 2.43. The van der Waals surface area contributed by atoms with E-state index in [0.717, 1.165) is 16.8 Å². The predicted molar refractivity (Wildman–Crippen MR) is 43.9 cm³/mol. The molecule has 0 radical (unpaired) electrons. The SMILES string of the molecule is COC([SiH3])CCN(C)C. The van der Waals surface area contributed by atoms with Crippen molar-refractivity contribution in [2.75, 3.05) is 27.7 Å². The molecule has 0 saturated carbocycles. The lowest BCUT2D eigenvalue weighted by Crippen LogP contribution is -2.20. The van der Waals surface area contributed by atoms with Gasteiger partial charge < -0.3 is 9.64 Å². The van der Waals surface area contributed by atoms with E-state index in [-0.39, 0.29) is 0 Å². The minimum absolute atomic E-state index is 0.535. The summed E-state index contributed by atoms with van der Waals surface area (Å²) in [5, 5.41) is 0. The molecule has 0 aliphatic rings. The van der Waals surface area contributed by atoms with E-state index in [9.17, 15) is 0 Å². The fourth-order valence-electron chi connectivity index (χ4n) is 0.558. The van der Waals surface area contributed by atoms with E-state index in [1.165, 1.54) is 6.42 Å². The molecule has 0 aliphatic heterocycles. The molecule has 0 bridgehead atoms. The standard InChI is InChI=1S/C6H17NOSi/c1-7(2)5-4-6(9)8-3/h6H,4-5H2,1-3,9H3. The molecule has 0 saturated heterocycles. The zero-order valence-corrected chi connectivity index (χ0v) is 8.85. The zero-order valence-electron chi connectivity index (χ0n) is 6.85. The van der Waals surface area contributed by atoms with Crippen LogP contribution >= 0.6 is 0 Å². The molecule has 0 spiro atoms. The summed E-state index contributed by atoms with van der Waals surface area (Å²) < 4.78 is 5.14. The number of rotatable bonds is 4. The Hall–Kier alpha value is 0.137. The summed E-state index contributed by atoms with van der Waals surface area (Å²) in [5.41, 5.74) is 0.535. The minimum Gasteiger partial charge on any atom is -0.386 e. The summed E-state index contributed by atoms with van der Waals surface area (Å²) in [7, 11) is 7.11. The van der Waals surface area contributed by atoms with Crippen LogP contribution in [0.5, 0.6) is 0 Å². The van der Waals surface area contributed by atoms with Crippen LogP contribution in [0, 0.1) is 0 Å². The average molecular weight is 147 g/mol. The van der Waals surface area contributed by atoms with Gasteiger partial charge in [0.15, 0.2) is 0 Å². The molecule has 56 valence electrons. The summed E-state index contributed by atoms with van der Waals surface area (Å²) in [5.74, 6) is 0. The molecule has 1 atom stereocenters. The van der Waals surface area contributed by atoms with Gasteiger partial charge in [0.05, 0.1) is 0 Å². The van der Waals surface area contributed by atoms with Crippen LogP contribution in [0.4, 0.5) is 0 Å². The fraction of sp³-hybridized carbons (Fsp3) is 1.00. The Morgan fingerprint density at radius 2 is 2.11 bits per heavy atom. The summed E-state index contributed by atoms with van der Waals surface area (Å²) in [6.07, 6.45) is 1.18. The average Bonchev–Trinajstić information content (AvgIpc) is 1.83. The van der Waals surface area contributed by atoms with Crippen LogP contribution < -0.4 is 0 Å². The van der Waals surface area contributed by atoms with Crippen molar-refractivity contribution in [1.29, 1.82) is 0 Å². The van der Waals surface area contributed by atoms with E-state index >= 15 is 0 Å². The van der Waals surface area contributed by atoms with Crippen molar-refractivity contribution in [2.24, 2.45) is 0 Å². The van der Waals surface area contributed by atoms with E-state index < -0.39 is 0 Å². The normalized spacial score (nSPS) is 14.7. The first-order valence-electron chi connectivity index (χ1n) is 3.34. The number of ether oxygens (including phenoxy) is 1. The van der Waals surface area contributed by atoms with E-state index in [1.54, 1.807) is 7.11 Å². The van der Waals surface area contributed by atoms with Gasteiger partial charge in [0.1, 0.15) is 0 Å². The van der Waals surface area contributed by atoms with Gasteiger partial charge >= 0.3 is 0 Å². The number of hydrogen-bond donors (Lipinski definition) is 0. The molecule has 0 fully saturated rings. The van der Waals surface area contributed by atoms with Crippen molar-refractivity contribution < 1.29 is 4.74 Å². The lowest BCUT2D eigenvalue weighted by atomic mass is 10.4. The van der Waals surface area contributed by atoms with Gasteiger partial charge in [-0.15, -0.1) is 0 Å². The molecule has 0 aliphatic carbocycles. The second kappa shape index (κ2) is 4.96. The van der Waals surface area contributed by atoms with Crippen molar-refractivity contribution in [3.63, 3.8) is 0 Å². The maximum Gasteiger partial charge on any atom is 0.0393 e. The van der Waals surface area contributed by atoms with Crippen LogP contribution in [-0.2, 0) is 4.74 Å². The molecule has 0 heterocycles. The fourth-order valence-corrected chi connectivity index (χ4v) is 0.816. The molecule has 1 unspecified atom stereocenters. The molecule has 0 N–H and O–H groups in total. The molecule has 0 aromatic carbocycles. The van der Waals surface area contributed by atoms with Gasteiger partial charge in [-0.2, -0.15) is 0 Å². The summed E-state index contributed by atoms with van der Waals surface area (Å²) in [6, 6.07) is 0. The predicted octanol–water partition coefficient (Wildman–Crippen LogP) is -0.724. The highest BCUT2D eigenvalue weighted by Gasteiger charge is 1.98. The van der Waals surface area contributed by atoms with Crippen LogP contribution in [0.2, 0.25) is 0 Å². The quantitative estimate of drug-likeness (QED) is 0.486. The lowest BCUT2D eigenvalue weighted by molar-refractivity contribution is 0.150. The second-order valence-electron chi connectivity index (χ2n) is 2.64. The monoisotopic (exact) mass is 147 g/mol. The first kappa shape index (κ1) is 9.14. The Kier molecular flexibility index (Phi) is 5.04. The van der Waals surface area contributed by atoms with Crippen molar-refractivity contribution in [3.05, 3.63) is 0 Å². The van der Waals surface area contributed by atoms with Crippen molar-refractivity contribution in [3.8, 4) is 0 Å². The van der Waals surface area contributed by atoms with Gasteiger partial charge in [-0.3, -0.25) is 0 Å². The van der Waals surface area contributed by atoms with Crippen molar-refractivity contribution in [1.82, 2.24) is 4.90 Å². The molecule has 0 rings (SSSR count). The Morgan fingerprint density at radius 1 is 1.56 bits per heavy atom. The third kappa shape index (κ3) is 6.02. The molecular weight excluding hydrogens is 130 g/mol. The Labute approximate surface area is 60.6 Å². The maximum atomic E-state index is 5.14. The Morgan fingerprint density at radius 3 is 2.44 bits per heavy atom. The van der Waals surface area contributed by atoms with Crippen LogP contribution in [-0.4, -0.2) is 48.6 Å². The molecule has 2 nitrogen and oxygen atoms in total. The van der Waals surface area contributed by atoms with Gasteiger partial charge in [0.25, 0.3) is 0 Å². The zero-order chi connectivity index (χ0) is 7.28. The highest BCUT2D eigenvalue weighted by Crippen LogP contribution is 1.91. The molecule has 9 heavy (non-hydrogen) atoms. The topological polar surface area (TPSA) is 12.5 Å². The molecule has 0 aromatic heterocycles. The van der Waals surface area contributed by atoms with Crippen LogP contribution in [0.15, 0.2) is 0 Å². The van der Waals surface area contributed by atoms with Crippen LogP contribution in [0.1, 0.15) is 6.42 Å². The smallest absolute Gasteiger partial charge is 0.0393 e.